The molecular weight excluding hydrogens is 504 g/mol. The molecule has 0 radical (unpaired) electrons. The van der Waals surface area contributed by atoms with Gasteiger partial charge in [0.05, 0.1) is 22.6 Å². The molecule has 0 saturated carbocycles. The largest absolute Gasteiger partial charge is 0.480 e. The van der Waals surface area contributed by atoms with E-state index in [4.69, 9.17) is 5.11 Å². The zero-order valence-electron chi connectivity index (χ0n) is 18.0. The van der Waals surface area contributed by atoms with Crippen molar-refractivity contribution in [3.05, 3.63) is 63.2 Å². The highest BCUT2D eigenvalue weighted by Gasteiger charge is 2.38. The lowest BCUT2D eigenvalue weighted by Crippen LogP contribution is -2.57. The van der Waals surface area contributed by atoms with E-state index in [1.165, 1.54) is 4.90 Å². The Bertz CT molecular complexity index is 1170. The number of piperazine rings is 1. The number of carboxylic acids is 1. The van der Waals surface area contributed by atoms with Crippen LogP contribution in [0.5, 0.6) is 0 Å². The number of amides is 1. The Kier molecular flexibility index (Phi) is 7.15. The molecule has 1 heterocycles. The number of carboxylic acid groups (broad SMARTS) is 2. The third-order valence-corrected chi connectivity index (χ3v) is 5.62. The van der Waals surface area contributed by atoms with E-state index in [0.717, 1.165) is 23.1 Å². The van der Waals surface area contributed by atoms with Crippen LogP contribution in [0, 0.1) is 10.1 Å². The number of rotatable bonds is 5. The number of halogens is 6. The lowest BCUT2D eigenvalue weighted by Gasteiger charge is -2.37. The molecule has 1 unspecified atom stereocenters. The minimum atomic E-state index is -5.10. The molecule has 1 aliphatic heterocycles. The van der Waals surface area contributed by atoms with Gasteiger partial charge >= 0.3 is 24.4 Å². The van der Waals surface area contributed by atoms with Gasteiger partial charge in [-0.3, -0.25) is 19.8 Å². The number of benzene rings is 2. The van der Waals surface area contributed by atoms with E-state index in [1.54, 1.807) is 0 Å². The molecule has 194 valence electrons. The van der Waals surface area contributed by atoms with Crippen LogP contribution < -0.4 is 0 Å². The maximum absolute atomic E-state index is 13.3. The first-order valence-electron chi connectivity index (χ1n) is 10.1. The molecule has 1 amide bonds. The second kappa shape index (κ2) is 9.64. The molecule has 36 heavy (non-hydrogen) atoms. The van der Waals surface area contributed by atoms with E-state index in [1.807, 2.05) is 0 Å². The third kappa shape index (κ3) is 5.84. The van der Waals surface area contributed by atoms with Crippen LogP contribution in [0.1, 0.15) is 16.7 Å². The molecule has 0 bridgehead atoms. The fourth-order valence-electron chi connectivity index (χ4n) is 3.83. The fourth-order valence-corrected chi connectivity index (χ4v) is 3.83. The van der Waals surface area contributed by atoms with Gasteiger partial charge < -0.3 is 15.1 Å². The number of carbonyl (C=O) groups is 2. The van der Waals surface area contributed by atoms with Gasteiger partial charge in [0.25, 0.3) is 5.69 Å². The molecule has 2 aromatic carbocycles. The summed E-state index contributed by atoms with van der Waals surface area (Å²) in [6.45, 7) is -1.11. The lowest BCUT2D eigenvalue weighted by atomic mass is 9.96. The molecule has 3 rings (SSSR count). The first-order valence-corrected chi connectivity index (χ1v) is 10.1. The molecule has 2 N–H and O–H groups in total. The van der Waals surface area contributed by atoms with Gasteiger partial charge in [-0.2, -0.15) is 26.3 Å². The molecule has 1 aliphatic rings. The van der Waals surface area contributed by atoms with Crippen LogP contribution in [0.25, 0.3) is 11.1 Å². The van der Waals surface area contributed by atoms with Gasteiger partial charge in [-0.25, -0.2) is 4.79 Å². The van der Waals surface area contributed by atoms with Crippen molar-refractivity contribution in [3.63, 3.8) is 0 Å². The van der Waals surface area contributed by atoms with Crippen molar-refractivity contribution in [1.29, 1.82) is 0 Å². The molecular formula is C21H17F6N3O6. The molecule has 15 heteroatoms. The molecule has 0 spiro atoms. The maximum Gasteiger partial charge on any atom is 0.416 e. The molecule has 1 saturated heterocycles. The smallest absolute Gasteiger partial charge is 0.416 e. The molecule has 1 fully saturated rings. The van der Waals surface area contributed by atoms with E-state index in [0.29, 0.717) is 12.1 Å². The third-order valence-electron chi connectivity index (χ3n) is 5.62. The van der Waals surface area contributed by atoms with Crippen LogP contribution in [0.15, 0.2) is 36.4 Å². The minimum absolute atomic E-state index is 0.0464. The quantitative estimate of drug-likeness (QED) is 0.336. The second-order valence-corrected chi connectivity index (χ2v) is 7.95. The number of aliphatic carboxylic acids is 1. The average molecular weight is 521 g/mol. The Balaban J connectivity index is 2.07. The van der Waals surface area contributed by atoms with Crippen molar-refractivity contribution in [2.24, 2.45) is 0 Å². The van der Waals surface area contributed by atoms with E-state index in [-0.39, 0.29) is 30.3 Å². The summed E-state index contributed by atoms with van der Waals surface area (Å²) in [5, 5.41) is 30.1. The van der Waals surface area contributed by atoms with Crippen LogP contribution in [0.2, 0.25) is 0 Å². The van der Waals surface area contributed by atoms with Crippen molar-refractivity contribution in [3.8, 4) is 11.1 Å². The van der Waals surface area contributed by atoms with Crippen LogP contribution in [-0.2, 0) is 23.7 Å². The monoisotopic (exact) mass is 521 g/mol. The summed E-state index contributed by atoms with van der Waals surface area (Å²) in [5.74, 6) is -1.41. The van der Waals surface area contributed by atoms with Gasteiger partial charge in [0.15, 0.2) is 0 Å². The number of nitrogens with zero attached hydrogens (tertiary/aromatic N) is 3. The molecule has 2 aromatic rings. The summed E-state index contributed by atoms with van der Waals surface area (Å²) in [5.41, 5.74) is -4.53. The van der Waals surface area contributed by atoms with Gasteiger partial charge in [-0.15, -0.1) is 0 Å². The van der Waals surface area contributed by atoms with Crippen LogP contribution in [0.3, 0.4) is 0 Å². The summed E-state index contributed by atoms with van der Waals surface area (Å²) >= 11 is 0. The average Bonchev–Trinajstić information content (AvgIpc) is 2.77. The Labute approximate surface area is 198 Å². The first-order chi connectivity index (χ1) is 16.6. The van der Waals surface area contributed by atoms with E-state index in [2.05, 4.69) is 0 Å². The number of hydrogen-bond acceptors (Lipinski definition) is 5. The molecule has 9 nitrogen and oxygen atoms in total. The predicted octanol–water partition coefficient (Wildman–Crippen LogP) is 4.55. The van der Waals surface area contributed by atoms with E-state index in [9.17, 15) is 51.2 Å². The Hall–Kier alpha value is -3.88. The topological polar surface area (TPSA) is 124 Å². The molecule has 0 aliphatic carbocycles. The van der Waals surface area contributed by atoms with Gasteiger partial charge in [-0.1, -0.05) is 0 Å². The van der Waals surface area contributed by atoms with E-state index < -0.39 is 70.8 Å². The SMILES string of the molecule is O=C(O)C1CN(C(=O)O)CCN1Cc1cc(-c2cc(C(F)(F)F)cc(C(F)(F)F)c2)ccc1[N+](=O)[O-]. The number of hydrogen-bond donors (Lipinski definition) is 2. The predicted molar refractivity (Wildman–Crippen MR) is 110 cm³/mol. The highest BCUT2D eigenvalue weighted by molar-refractivity contribution is 5.76. The van der Waals surface area contributed by atoms with Crippen LogP contribution in [0.4, 0.5) is 36.8 Å². The minimum Gasteiger partial charge on any atom is -0.480 e. The highest BCUT2D eigenvalue weighted by Crippen LogP contribution is 2.39. The normalized spacial score (nSPS) is 17.2. The highest BCUT2D eigenvalue weighted by atomic mass is 19.4. The van der Waals surface area contributed by atoms with Crippen molar-refractivity contribution in [2.45, 2.75) is 24.9 Å². The Morgan fingerprint density at radius 1 is 0.944 bits per heavy atom. The second-order valence-electron chi connectivity index (χ2n) is 7.95. The van der Waals surface area contributed by atoms with Crippen molar-refractivity contribution in [1.82, 2.24) is 9.80 Å². The fraction of sp³-hybridized carbons (Fsp3) is 0.333. The first kappa shape index (κ1) is 26.7. The van der Waals surface area contributed by atoms with Crippen molar-refractivity contribution >= 4 is 17.7 Å². The zero-order chi connectivity index (χ0) is 27.0. The standard InChI is InChI=1S/C21H17F6N3O6/c22-20(23,24)14-6-12(7-15(8-14)21(25,26)27)11-1-2-16(30(35)36)13(5-11)9-28-3-4-29(19(33)34)10-17(28)18(31)32/h1-2,5-8,17H,3-4,9-10H2,(H,31,32)(H,33,34). The van der Waals surface area contributed by atoms with Gasteiger partial charge in [0, 0.05) is 31.3 Å². The van der Waals surface area contributed by atoms with Crippen LogP contribution in [-0.4, -0.2) is 62.7 Å². The maximum atomic E-state index is 13.3. The Morgan fingerprint density at radius 3 is 2.00 bits per heavy atom. The van der Waals surface area contributed by atoms with Gasteiger partial charge in [0.2, 0.25) is 0 Å². The van der Waals surface area contributed by atoms with Crippen LogP contribution >= 0.6 is 0 Å². The van der Waals surface area contributed by atoms with Gasteiger partial charge in [0.1, 0.15) is 6.04 Å². The lowest BCUT2D eigenvalue weighted by molar-refractivity contribution is -0.385. The summed E-state index contributed by atoms with van der Waals surface area (Å²) in [7, 11) is 0. The number of nitro benzene ring substituents is 1. The number of alkyl halides is 6. The summed E-state index contributed by atoms with van der Waals surface area (Å²) in [4.78, 5) is 35.7. The van der Waals surface area contributed by atoms with E-state index >= 15 is 0 Å². The van der Waals surface area contributed by atoms with Crippen molar-refractivity contribution in [2.75, 3.05) is 19.6 Å². The Morgan fingerprint density at radius 2 is 1.53 bits per heavy atom. The zero-order valence-corrected chi connectivity index (χ0v) is 18.0. The molecule has 0 aromatic heterocycles. The summed E-state index contributed by atoms with van der Waals surface area (Å²) in [6, 6.07) is 2.45. The van der Waals surface area contributed by atoms with Crippen molar-refractivity contribution < 1.29 is 51.1 Å². The molecule has 1 atom stereocenters. The summed E-state index contributed by atoms with van der Waals surface area (Å²) in [6.07, 6.45) is -11.6. The van der Waals surface area contributed by atoms with Gasteiger partial charge in [-0.05, 0) is 41.5 Å². The number of nitro groups is 1. The summed E-state index contributed by atoms with van der Waals surface area (Å²) < 4.78 is 79.5.